The van der Waals surface area contributed by atoms with E-state index in [-0.39, 0.29) is 12.3 Å². The first kappa shape index (κ1) is 52.1. The topological polar surface area (TPSA) is 206 Å². The zero-order chi connectivity index (χ0) is 40.7. The normalized spacial score (nSPS) is 23.9. The number of carbonyl (C=O) groups is 1. The Hall–Kier alpha value is -0.920. The third-order valence-corrected chi connectivity index (χ3v) is 11.8. The fourth-order valence-electron chi connectivity index (χ4n) is 7.14. The lowest BCUT2D eigenvalue weighted by Crippen LogP contribution is -2.64. The predicted octanol–water partition coefficient (Wildman–Crippen LogP) is 7.67. The van der Waals surface area contributed by atoms with Gasteiger partial charge in [0.1, 0.15) is 36.6 Å². The van der Waals surface area contributed by atoms with Gasteiger partial charge in [0.2, 0.25) is 5.91 Å². The fourth-order valence-corrected chi connectivity index (χ4v) is 8.10. The molecular weight excluding hydrogens is 725 g/mol. The van der Waals surface area contributed by atoms with Crippen molar-refractivity contribution in [2.45, 2.75) is 242 Å². The number of allylic oxidation sites excluding steroid dienone is 1. The van der Waals surface area contributed by atoms with Gasteiger partial charge < -0.3 is 40.8 Å². The van der Waals surface area contributed by atoms with E-state index in [1.54, 1.807) is 0 Å². The highest BCUT2D eigenvalue weighted by molar-refractivity contribution is 7.47. The van der Waals surface area contributed by atoms with Crippen LogP contribution in [0, 0.1) is 0 Å². The molecule has 1 rings (SSSR count). The van der Waals surface area contributed by atoms with E-state index in [2.05, 4.69) is 19.2 Å². The van der Waals surface area contributed by atoms with Gasteiger partial charge >= 0.3 is 7.82 Å². The number of carbonyl (C=O) groups excluding carboxylic acids is 1. The summed E-state index contributed by atoms with van der Waals surface area (Å²) in [6, 6.07) is -1.11. The van der Waals surface area contributed by atoms with Gasteiger partial charge in [-0.05, 0) is 19.3 Å². The molecule has 12 nitrogen and oxygen atoms in total. The van der Waals surface area contributed by atoms with Crippen LogP contribution in [0.15, 0.2) is 12.2 Å². The second kappa shape index (κ2) is 33.0. The zero-order valence-corrected chi connectivity index (χ0v) is 35.4. The highest BCUT2D eigenvalue weighted by atomic mass is 31.2. The minimum atomic E-state index is -5.07. The van der Waals surface area contributed by atoms with E-state index in [1.165, 1.54) is 128 Å². The second-order valence-corrected chi connectivity index (χ2v) is 17.3. The quantitative estimate of drug-likeness (QED) is 0.0175. The van der Waals surface area contributed by atoms with Crippen molar-refractivity contribution >= 4 is 13.7 Å². The lowest BCUT2D eigenvalue weighted by atomic mass is 9.85. The molecule has 1 fully saturated rings. The zero-order valence-electron chi connectivity index (χ0n) is 34.5. The van der Waals surface area contributed by atoms with E-state index in [4.69, 9.17) is 9.05 Å². The smallest absolute Gasteiger partial charge is 0.387 e. The molecule has 0 aliphatic heterocycles. The van der Waals surface area contributed by atoms with Gasteiger partial charge in [0, 0.05) is 6.42 Å². The van der Waals surface area contributed by atoms with E-state index >= 15 is 0 Å². The molecule has 1 aliphatic carbocycles. The summed E-state index contributed by atoms with van der Waals surface area (Å²) in [5.74, 6) is -0.340. The molecule has 326 valence electrons. The number of nitrogens with one attached hydrogen (secondary N) is 1. The maximum absolute atomic E-state index is 12.9. The van der Waals surface area contributed by atoms with Gasteiger partial charge in [0.05, 0.1) is 18.8 Å². The first-order chi connectivity index (χ1) is 26.4. The van der Waals surface area contributed by atoms with Crippen molar-refractivity contribution in [2.24, 2.45) is 0 Å². The Morgan fingerprint density at radius 1 is 0.600 bits per heavy atom. The van der Waals surface area contributed by atoms with E-state index in [1.807, 2.05) is 6.08 Å². The van der Waals surface area contributed by atoms with Gasteiger partial charge in [-0.15, -0.1) is 0 Å². The number of phosphoric ester groups is 1. The SMILES string of the molecule is CCCCCCCCCC/C=C/[C@@H](O)[C@H](COP(=O)(O)OC1C(O)C(O)C(O)[C@@H](O)C1O)NC(=O)CCCCCCCCCCCCCCCCCCCC. The van der Waals surface area contributed by atoms with Crippen LogP contribution >= 0.6 is 7.82 Å². The van der Waals surface area contributed by atoms with Crippen LogP contribution in [0.1, 0.15) is 194 Å². The summed E-state index contributed by atoms with van der Waals surface area (Å²) in [5, 5.41) is 63.8. The Bertz CT molecular complexity index is 989. The van der Waals surface area contributed by atoms with Crippen molar-refractivity contribution in [3.8, 4) is 0 Å². The highest BCUT2D eigenvalue weighted by Crippen LogP contribution is 2.47. The number of rotatable bonds is 36. The monoisotopic (exact) mass is 808 g/mol. The van der Waals surface area contributed by atoms with Crippen LogP contribution < -0.4 is 5.32 Å². The summed E-state index contributed by atoms with van der Waals surface area (Å²) < 4.78 is 22.8. The van der Waals surface area contributed by atoms with Crippen LogP contribution in [0.5, 0.6) is 0 Å². The van der Waals surface area contributed by atoms with Gasteiger partial charge in [-0.3, -0.25) is 13.8 Å². The van der Waals surface area contributed by atoms with Crippen LogP contribution in [-0.2, 0) is 18.4 Å². The molecule has 1 amide bonds. The minimum absolute atomic E-state index is 0.218. The molecule has 0 aromatic rings. The molecule has 9 atom stereocenters. The standard InChI is InChI=1S/C42H82NO11P/c1-3-5-7-9-11-13-15-16-17-18-19-20-21-22-24-26-28-30-32-36(45)43-34(35(44)31-29-27-25-23-14-12-10-8-6-4-2)33-53-55(51,52)54-42-40(49)38(47)37(46)39(48)41(42)50/h29,31,34-35,37-42,44,46-50H,3-28,30,32-33H2,1-2H3,(H,43,45)(H,51,52)/b31-29+/t34-,35+,37?,38+,39?,40?,41?,42?/m0/s1. The third kappa shape index (κ3) is 25.2. The molecule has 0 saturated heterocycles. The molecule has 1 saturated carbocycles. The molecule has 0 aromatic heterocycles. The van der Waals surface area contributed by atoms with E-state index in [0.717, 1.165) is 44.9 Å². The van der Waals surface area contributed by atoms with Gasteiger partial charge in [-0.25, -0.2) is 4.57 Å². The largest absolute Gasteiger partial charge is 0.472 e. The molecule has 0 radical (unpaired) electrons. The number of unbranched alkanes of at least 4 members (excludes halogenated alkanes) is 25. The molecule has 13 heteroatoms. The molecule has 0 aromatic carbocycles. The van der Waals surface area contributed by atoms with Crippen molar-refractivity contribution in [3.63, 3.8) is 0 Å². The molecular formula is C42H82NO11P. The summed E-state index contributed by atoms with van der Waals surface area (Å²) >= 11 is 0. The Morgan fingerprint density at radius 2 is 0.964 bits per heavy atom. The van der Waals surface area contributed by atoms with Gasteiger partial charge in [0.15, 0.2) is 0 Å². The second-order valence-electron chi connectivity index (χ2n) is 15.9. The lowest BCUT2D eigenvalue weighted by molar-refractivity contribution is -0.220. The first-order valence-corrected chi connectivity index (χ1v) is 23.6. The van der Waals surface area contributed by atoms with Gasteiger partial charge in [0.25, 0.3) is 0 Å². The van der Waals surface area contributed by atoms with E-state index in [9.17, 15) is 44.9 Å². The number of aliphatic hydroxyl groups is 6. The van der Waals surface area contributed by atoms with Crippen molar-refractivity contribution in [3.05, 3.63) is 12.2 Å². The van der Waals surface area contributed by atoms with E-state index < -0.39 is 63.2 Å². The third-order valence-electron chi connectivity index (χ3n) is 10.8. The van der Waals surface area contributed by atoms with Gasteiger partial charge in [-0.2, -0.15) is 0 Å². The van der Waals surface area contributed by atoms with E-state index in [0.29, 0.717) is 6.42 Å². The number of amides is 1. The van der Waals surface area contributed by atoms with Crippen LogP contribution in [-0.4, -0.2) is 96.8 Å². The summed E-state index contributed by atoms with van der Waals surface area (Å²) in [4.78, 5) is 23.3. The van der Waals surface area contributed by atoms with Crippen LogP contribution in [0.3, 0.4) is 0 Å². The number of phosphoric acid groups is 1. The van der Waals surface area contributed by atoms with Crippen LogP contribution in [0.2, 0.25) is 0 Å². The number of hydrogen-bond donors (Lipinski definition) is 8. The molecule has 55 heavy (non-hydrogen) atoms. The first-order valence-electron chi connectivity index (χ1n) is 22.1. The Kier molecular flexibility index (Phi) is 31.2. The van der Waals surface area contributed by atoms with Gasteiger partial charge in [-0.1, -0.05) is 180 Å². The minimum Gasteiger partial charge on any atom is -0.387 e. The van der Waals surface area contributed by atoms with Crippen molar-refractivity contribution in [2.75, 3.05) is 6.61 Å². The fraction of sp³-hybridized carbons (Fsp3) is 0.929. The molecule has 0 bridgehead atoms. The maximum Gasteiger partial charge on any atom is 0.472 e. The average molecular weight is 808 g/mol. The highest BCUT2D eigenvalue weighted by Gasteiger charge is 2.51. The van der Waals surface area contributed by atoms with Crippen molar-refractivity contribution in [1.82, 2.24) is 5.32 Å². The molecule has 8 N–H and O–H groups in total. The summed E-state index contributed by atoms with van der Waals surface area (Å²) in [6.45, 7) is 3.81. The Labute approximate surface area is 333 Å². The lowest BCUT2D eigenvalue weighted by Gasteiger charge is -2.41. The molecule has 0 heterocycles. The summed E-state index contributed by atoms with van der Waals surface area (Å²) in [6.07, 6.45) is 23.0. The van der Waals surface area contributed by atoms with Crippen molar-refractivity contribution in [1.29, 1.82) is 0 Å². The Balaban J connectivity index is 2.46. The molecule has 0 spiro atoms. The number of aliphatic hydroxyl groups excluding tert-OH is 6. The maximum atomic E-state index is 12.9. The van der Waals surface area contributed by atoms with Crippen LogP contribution in [0.4, 0.5) is 0 Å². The van der Waals surface area contributed by atoms with Crippen molar-refractivity contribution < 1.29 is 53.9 Å². The van der Waals surface area contributed by atoms with Crippen LogP contribution in [0.25, 0.3) is 0 Å². The average Bonchev–Trinajstić information content (AvgIpc) is 3.16. The molecule has 1 aliphatic rings. The summed E-state index contributed by atoms with van der Waals surface area (Å²) in [7, 11) is -5.07. The summed E-state index contributed by atoms with van der Waals surface area (Å²) in [5.41, 5.74) is 0. The predicted molar refractivity (Wildman–Crippen MR) is 218 cm³/mol. The molecule has 6 unspecified atom stereocenters. The number of hydrogen-bond acceptors (Lipinski definition) is 10. The Morgan fingerprint density at radius 3 is 1.38 bits per heavy atom.